The molecule has 0 spiro atoms. The highest BCUT2D eigenvalue weighted by Gasteiger charge is 2.25. The van der Waals surface area contributed by atoms with E-state index in [4.69, 9.17) is 0 Å². The molecule has 1 rings (SSSR count). The molecule has 1 amide bonds. The van der Waals surface area contributed by atoms with Crippen molar-refractivity contribution >= 4 is 5.91 Å². The van der Waals surface area contributed by atoms with E-state index in [-0.39, 0.29) is 5.41 Å². The summed E-state index contributed by atoms with van der Waals surface area (Å²) in [6.07, 6.45) is 4.10. The highest BCUT2D eigenvalue weighted by Crippen LogP contribution is 2.26. The lowest BCUT2D eigenvalue weighted by Crippen LogP contribution is -2.39. The number of piperidine rings is 1. The molecule has 1 aliphatic heterocycles. The Morgan fingerprint density at radius 2 is 1.76 bits per heavy atom. The molecule has 0 atom stereocenters. The lowest BCUT2D eigenvalue weighted by molar-refractivity contribution is -0.133. The molecule has 100 valence electrons. The van der Waals surface area contributed by atoms with Gasteiger partial charge in [-0.25, -0.2) is 0 Å². The van der Waals surface area contributed by atoms with E-state index in [1.165, 1.54) is 12.8 Å². The molecule has 0 N–H and O–H groups in total. The summed E-state index contributed by atoms with van der Waals surface area (Å²) < 4.78 is 0. The van der Waals surface area contributed by atoms with Crippen LogP contribution in [-0.2, 0) is 4.79 Å². The van der Waals surface area contributed by atoms with Crippen molar-refractivity contribution in [1.29, 1.82) is 0 Å². The van der Waals surface area contributed by atoms with Crippen molar-refractivity contribution in [2.75, 3.05) is 13.1 Å². The van der Waals surface area contributed by atoms with E-state index in [2.05, 4.69) is 39.5 Å². The van der Waals surface area contributed by atoms with Crippen LogP contribution >= 0.6 is 0 Å². The van der Waals surface area contributed by atoms with Crippen LogP contribution in [0.3, 0.4) is 0 Å². The number of likely N-dealkylation sites (tertiary alicyclic amines) is 1. The van der Waals surface area contributed by atoms with E-state index < -0.39 is 0 Å². The van der Waals surface area contributed by atoms with Gasteiger partial charge in [-0.1, -0.05) is 34.6 Å². The van der Waals surface area contributed by atoms with Crippen LogP contribution in [0.15, 0.2) is 0 Å². The SMILES string of the molecule is CC(C)C1CCN(C(=O)CCC(C)(C)C)CC1. The Labute approximate surface area is 107 Å². The summed E-state index contributed by atoms with van der Waals surface area (Å²) in [5.74, 6) is 1.95. The Balaban J connectivity index is 2.31. The van der Waals surface area contributed by atoms with Gasteiger partial charge in [-0.15, -0.1) is 0 Å². The molecule has 0 bridgehead atoms. The standard InChI is InChI=1S/C15H29NO/c1-12(2)13-7-10-16(11-8-13)14(17)6-9-15(3,4)5/h12-13H,6-11H2,1-5H3. The van der Waals surface area contributed by atoms with Crippen LogP contribution < -0.4 is 0 Å². The maximum absolute atomic E-state index is 12.0. The molecule has 0 aromatic rings. The normalized spacial score (nSPS) is 18.8. The van der Waals surface area contributed by atoms with Gasteiger partial charge in [0.25, 0.3) is 0 Å². The van der Waals surface area contributed by atoms with Gasteiger partial charge in [-0.05, 0) is 36.5 Å². The maximum Gasteiger partial charge on any atom is 0.222 e. The third-order valence-corrected chi connectivity index (χ3v) is 3.92. The zero-order chi connectivity index (χ0) is 13.1. The van der Waals surface area contributed by atoms with Gasteiger partial charge in [0.2, 0.25) is 5.91 Å². The second-order valence-electron chi connectivity index (χ2n) is 7.02. The van der Waals surface area contributed by atoms with Crippen LogP contribution in [-0.4, -0.2) is 23.9 Å². The molecular weight excluding hydrogens is 210 g/mol. The van der Waals surface area contributed by atoms with Gasteiger partial charge in [-0.2, -0.15) is 0 Å². The van der Waals surface area contributed by atoms with Crippen molar-refractivity contribution in [2.24, 2.45) is 17.3 Å². The number of hydrogen-bond donors (Lipinski definition) is 0. The first-order chi connectivity index (χ1) is 7.79. The summed E-state index contributed by atoms with van der Waals surface area (Å²) in [7, 11) is 0. The molecule has 1 aliphatic rings. The van der Waals surface area contributed by atoms with Crippen LogP contribution in [0.2, 0.25) is 0 Å². The van der Waals surface area contributed by atoms with Crippen molar-refractivity contribution < 1.29 is 4.79 Å². The fourth-order valence-electron chi connectivity index (χ4n) is 2.46. The Kier molecular flexibility index (Phi) is 5.03. The van der Waals surface area contributed by atoms with Crippen molar-refractivity contribution in [1.82, 2.24) is 4.90 Å². The lowest BCUT2D eigenvalue weighted by atomic mass is 9.86. The number of carbonyl (C=O) groups excluding carboxylic acids is 1. The Morgan fingerprint density at radius 1 is 1.24 bits per heavy atom. The minimum Gasteiger partial charge on any atom is -0.343 e. The number of rotatable bonds is 3. The highest BCUT2D eigenvalue weighted by molar-refractivity contribution is 5.76. The predicted octanol–water partition coefficient (Wildman–Crippen LogP) is 3.71. The summed E-state index contributed by atoms with van der Waals surface area (Å²) in [6.45, 7) is 13.1. The zero-order valence-electron chi connectivity index (χ0n) is 12.3. The molecule has 1 saturated heterocycles. The van der Waals surface area contributed by atoms with Crippen LogP contribution in [0.4, 0.5) is 0 Å². The predicted molar refractivity (Wildman–Crippen MR) is 72.8 cm³/mol. The molecule has 0 aromatic carbocycles. The topological polar surface area (TPSA) is 20.3 Å². The van der Waals surface area contributed by atoms with Gasteiger partial charge in [0.05, 0.1) is 0 Å². The summed E-state index contributed by atoms with van der Waals surface area (Å²) in [6, 6.07) is 0. The molecule has 2 nitrogen and oxygen atoms in total. The number of hydrogen-bond acceptors (Lipinski definition) is 1. The van der Waals surface area contributed by atoms with Gasteiger partial charge >= 0.3 is 0 Å². The number of amides is 1. The summed E-state index contributed by atoms with van der Waals surface area (Å²) >= 11 is 0. The minimum atomic E-state index is 0.270. The molecule has 1 heterocycles. The van der Waals surface area contributed by atoms with Gasteiger partial charge in [0.1, 0.15) is 0 Å². The van der Waals surface area contributed by atoms with Crippen LogP contribution in [0.5, 0.6) is 0 Å². The van der Waals surface area contributed by atoms with Gasteiger partial charge in [-0.3, -0.25) is 4.79 Å². The molecular formula is C15H29NO. The largest absolute Gasteiger partial charge is 0.343 e. The summed E-state index contributed by atoms with van der Waals surface area (Å²) in [4.78, 5) is 14.1. The zero-order valence-corrected chi connectivity index (χ0v) is 12.3. The van der Waals surface area contributed by atoms with E-state index in [1.54, 1.807) is 0 Å². The van der Waals surface area contributed by atoms with Crippen molar-refractivity contribution in [3.05, 3.63) is 0 Å². The van der Waals surface area contributed by atoms with Crippen molar-refractivity contribution in [3.8, 4) is 0 Å². The van der Waals surface area contributed by atoms with Gasteiger partial charge in [0.15, 0.2) is 0 Å². The summed E-state index contributed by atoms with van der Waals surface area (Å²) in [5.41, 5.74) is 0.270. The molecule has 0 aromatic heterocycles. The Hall–Kier alpha value is -0.530. The summed E-state index contributed by atoms with van der Waals surface area (Å²) in [5, 5.41) is 0. The van der Waals surface area contributed by atoms with E-state index in [1.807, 2.05) is 0 Å². The maximum atomic E-state index is 12.0. The Bertz CT molecular complexity index is 244. The monoisotopic (exact) mass is 239 g/mol. The second-order valence-corrected chi connectivity index (χ2v) is 7.02. The minimum absolute atomic E-state index is 0.270. The van der Waals surface area contributed by atoms with E-state index in [0.29, 0.717) is 5.91 Å². The highest BCUT2D eigenvalue weighted by atomic mass is 16.2. The first kappa shape index (κ1) is 14.5. The van der Waals surface area contributed by atoms with E-state index in [0.717, 1.165) is 37.8 Å². The number of carbonyl (C=O) groups is 1. The smallest absolute Gasteiger partial charge is 0.222 e. The molecule has 0 radical (unpaired) electrons. The molecule has 2 heteroatoms. The molecule has 0 saturated carbocycles. The number of nitrogens with zero attached hydrogens (tertiary/aromatic N) is 1. The van der Waals surface area contributed by atoms with Gasteiger partial charge < -0.3 is 4.90 Å². The molecule has 17 heavy (non-hydrogen) atoms. The first-order valence-electron chi connectivity index (χ1n) is 7.07. The van der Waals surface area contributed by atoms with Crippen LogP contribution in [0.25, 0.3) is 0 Å². The quantitative estimate of drug-likeness (QED) is 0.735. The van der Waals surface area contributed by atoms with Crippen LogP contribution in [0.1, 0.15) is 60.3 Å². The van der Waals surface area contributed by atoms with Gasteiger partial charge in [0, 0.05) is 19.5 Å². The van der Waals surface area contributed by atoms with Crippen molar-refractivity contribution in [2.45, 2.75) is 60.3 Å². The lowest BCUT2D eigenvalue weighted by Gasteiger charge is -2.34. The van der Waals surface area contributed by atoms with E-state index in [9.17, 15) is 4.79 Å². The molecule has 0 aliphatic carbocycles. The first-order valence-corrected chi connectivity index (χ1v) is 7.07. The fourth-order valence-corrected chi connectivity index (χ4v) is 2.46. The molecule has 1 fully saturated rings. The van der Waals surface area contributed by atoms with E-state index >= 15 is 0 Å². The van der Waals surface area contributed by atoms with Crippen LogP contribution in [0, 0.1) is 17.3 Å². The fraction of sp³-hybridized carbons (Fsp3) is 0.933. The van der Waals surface area contributed by atoms with Crippen molar-refractivity contribution in [3.63, 3.8) is 0 Å². The average Bonchev–Trinajstić information content (AvgIpc) is 2.25. The Morgan fingerprint density at radius 3 is 2.18 bits per heavy atom. The third kappa shape index (κ3) is 5.10. The average molecular weight is 239 g/mol. The second kappa shape index (κ2) is 5.88. The third-order valence-electron chi connectivity index (χ3n) is 3.92. The molecule has 0 unspecified atom stereocenters.